The van der Waals surface area contributed by atoms with Crippen LogP contribution >= 0.6 is 0 Å². The average molecular weight is 207 g/mol. The molecule has 8 nitrogen and oxygen atoms in total. The maximum atomic E-state index is 9.92. The first-order valence-electron chi connectivity index (χ1n) is 2.31. The van der Waals surface area contributed by atoms with Gasteiger partial charge in [-0.1, -0.05) is 0 Å². The summed E-state index contributed by atoms with van der Waals surface area (Å²) >= 11 is 0. The Balaban J connectivity index is -0.0000000533. The molecule has 0 rings (SSSR count). The SMILES string of the molecule is CN(CC(=O)O)C(=N)N.O.[Mg+2].[OH-].[OH-]. The second-order valence-electron chi connectivity index (χ2n) is 1.64. The molecule has 0 aliphatic carbocycles. The molecule has 0 radical (unpaired) electrons. The molecule has 8 N–H and O–H groups in total. The van der Waals surface area contributed by atoms with Gasteiger partial charge in [0.1, 0.15) is 6.54 Å². The fourth-order valence-electron chi connectivity index (χ4n) is 0.288. The van der Waals surface area contributed by atoms with E-state index in [-0.39, 0.29) is 52.0 Å². The smallest absolute Gasteiger partial charge is 0.870 e. The summed E-state index contributed by atoms with van der Waals surface area (Å²) in [5.41, 5.74) is 4.93. The molecule has 0 unspecified atom stereocenters. The maximum Gasteiger partial charge on any atom is 2.00 e. The number of hydrogen-bond acceptors (Lipinski definition) is 4. The van der Waals surface area contributed by atoms with Crippen molar-refractivity contribution in [3.63, 3.8) is 0 Å². The van der Waals surface area contributed by atoms with Crippen LogP contribution in [0.3, 0.4) is 0 Å². The topological polar surface area (TPSA) is 182 Å². The normalized spacial score (nSPS) is 5.92. The van der Waals surface area contributed by atoms with Crippen LogP contribution in [0, 0.1) is 5.41 Å². The quantitative estimate of drug-likeness (QED) is 0.252. The van der Waals surface area contributed by atoms with E-state index in [0.29, 0.717) is 0 Å². The minimum absolute atomic E-state index is 0. The fourth-order valence-corrected chi connectivity index (χ4v) is 0.288. The Bertz CT molecular complexity index is 144. The van der Waals surface area contributed by atoms with E-state index in [0.717, 1.165) is 4.90 Å². The average Bonchev–Trinajstić information content (AvgIpc) is 1.63. The van der Waals surface area contributed by atoms with E-state index in [1.807, 2.05) is 0 Å². The van der Waals surface area contributed by atoms with Crippen LogP contribution in [0.4, 0.5) is 0 Å². The molecule has 0 saturated heterocycles. The van der Waals surface area contributed by atoms with Crippen molar-refractivity contribution in [3.05, 3.63) is 0 Å². The number of guanidine groups is 1. The van der Waals surface area contributed by atoms with Crippen molar-refractivity contribution in [2.75, 3.05) is 13.6 Å². The zero-order valence-electron chi connectivity index (χ0n) is 7.19. The Morgan fingerprint density at radius 2 is 1.85 bits per heavy atom. The number of nitrogens with one attached hydrogen (secondary N) is 1. The van der Waals surface area contributed by atoms with Crippen LogP contribution in [0.2, 0.25) is 0 Å². The number of nitrogens with two attached hydrogens (primary N) is 1. The Kier molecular flexibility index (Phi) is 31.6. The predicted molar refractivity (Wildman–Crippen MR) is 45.4 cm³/mol. The first kappa shape index (κ1) is 29.4. The van der Waals surface area contributed by atoms with Gasteiger partial charge in [-0.05, 0) is 0 Å². The Morgan fingerprint density at radius 3 is 1.92 bits per heavy atom. The fraction of sp³-hybridized carbons (Fsp3) is 0.500. The summed E-state index contributed by atoms with van der Waals surface area (Å²) in [5.74, 6) is -1.23. The van der Waals surface area contributed by atoms with Crippen LogP contribution in [-0.2, 0) is 4.79 Å². The molecule has 0 fully saturated rings. The van der Waals surface area contributed by atoms with Crippen molar-refractivity contribution in [2.24, 2.45) is 5.73 Å². The van der Waals surface area contributed by atoms with E-state index >= 15 is 0 Å². The molecule has 0 amide bonds. The molecule has 0 aliphatic rings. The molecular formula is C4H13MgN3O5. The van der Waals surface area contributed by atoms with Gasteiger partial charge < -0.3 is 32.2 Å². The van der Waals surface area contributed by atoms with Gasteiger partial charge in [0.05, 0.1) is 0 Å². The van der Waals surface area contributed by atoms with Crippen LogP contribution in [0.1, 0.15) is 0 Å². The minimum atomic E-state index is -0.993. The summed E-state index contributed by atoms with van der Waals surface area (Å²) in [7, 11) is 1.44. The van der Waals surface area contributed by atoms with Crippen molar-refractivity contribution in [3.8, 4) is 0 Å². The Labute approximate surface area is 91.3 Å². The van der Waals surface area contributed by atoms with E-state index in [9.17, 15) is 4.79 Å². The molecule has 9 heteroatoms. The molecule has 13 heavy (non-hydrogen) atoms. The van der Waals surface area contributed by atoms with E-state index in [1.165, 1.54) is 7.05 Å². The van der Waals surface area contributed by atoms with Gasteiger partial charge >= 0.3 is 29.0 Å². The summed E-state index contributed by atoms with van der Waals surface area (Å²) in [5, 5.41) is 14.9. The zero-order chi connectivity index (χ0) is 7.44. The standard InChI is InChI=1S/C4H9N3O2.Mg.3H2O/c1-7(4(5)6)2-3(8)9;;;;/h2H2,1H3,(H3,5,6)(H,8,9);;3*1H2/q;+2;;;/p-2. The zero-order valence-corrected chi connectivity index (χ0v) is 8.60. The molecule has 76 valence electrons. The van der Waals surface area contributed by atoms with Gasteiger partial charge in [0, 0.05) is 7.05 Å². The van der Waals surface area contributed by atoms with E-state index < -0.39 is 5.97 Å². The summed E-state index contributed by atoms with van der Waals surface area (Å²) < 4.78 is 0. The molecule has 0 aliphatic heterocycles. The molecule has 0 atom stereocenters. The number of nitrogens with zero attached hydrogens (tertiary/aromatic N) is 1. The van der Waals surface area contributed by atoms with Gasteiger partial charge in [0.25, 0.3) is 0 Å². The first-order valence-corrected chi connectivity index (χ1v) is 2.31. The minimum Gasteiger partial charge on any atom is -0.870 e. The van der Waals surface area contributed by atoms with Gasteiger partial charge in [-0.3, -0.25) is 10.2 Å². The second-order valence-corrected chi connectivity index (χ2v) is 1.64. The Hall–Kier alpha value is -0.614. The third-order valence-corrected chi connectivity index (χ3v) is 0.784. The van der Waals surface area contributed by atoms with Gasteiger partial charge in [0.15, 0.2) is 5.96 Å². The van der Waals surface area contributed by atoms with E-state index in [2.05, 4.69) is 0 Å². The van der Waals surface area contributed by atoms with Gasteiger partial charge in [-0.2, -0.15) is 0 Å². The number of likely N-dealkylation sites (N-methyl/N-ethyl adjacent to an activating group) is 1. The number of carboxylic acids is 1. The molecular weight excluding hydrogens is 194 g/mol. The molecule has 0 aromatic rings. The van der Waals surface area contributed by atoms with E-state index in [4.69, 9.17) is 16.2 Å². The maximum absolute atomic E-state index is 9.92. The third-order valence-electron chi connectivity index (χ3n) is 0.784. The number of carbonyl (C=O) groups is 1. The van der Waals surface area contributed by atoms with Crippen molar-refractivity contribution in [2.45, 2.75) is 0 Å². The summed E-state index contributed by atoms with van der Waals surface area (Å²) in [6.07, 6.45) is 0. The van der Waals surface area contributed by atoms with Crippen LogP contribution in [0.15, 0.2) is 0 Å². The Morgan fingerprint density at radius 1 is 1.54 bits per heavy atom. The van der Waals surface area contributed by atoms with Gasteiger partial charge in [0.2, 0.25) is 0 Å². The van der Waals surface area contributed by atoms with Crippen LogP contribution < -0.4 is 5.73 Å². The van der Waals surface area contributed by atoms with Crippen LogP contribution in [0.25, 0.3) is 0 Å². The third kappa shape index (κ3) is 18.4. The van der Waals surface area contributed by atoms with Gasteiger partial charge in [-0.25, -0.2) is 0 Å². The van der Waals surface area contributed by atoms with Crippen molar-refractivity contribution < 1.29 is 26.3 Å². The number of hydrogen-bond donors (Lipinski definition) is 3. The molecule has 0 spiro atoms. The van der Waals surface area contributed by atoms with Crippen molar-refractivity contribution in [1.29, 1.82) is 5.41 Å². The predicted octanol–water partition coefficient (Wildman–Crippen LogP) is -2.66. The molecule has 0 bridgehead atoms. The summed E-state index contributed by atoms with van der Waals surface area (Å²) in [6, 6.07) is 0. The largest absolute Gasteiger partial charge is 2.00 e. The van der Waals surface area contributed by atoms with Gasteiger partial charge in [-0.15, -0.1) is 0 Å². The summed E-state index contributed by atoms with van der Waals surface area (Å²) in [4.78, 5) is 11.0. The number of aliphatic carboxylic acids is 1. The summed E-state index contributed by atoms with van der Waals surface area (Å²) in [6.45, 7) is -0.227. The molecule has 0 aromatic heterocycles. The molecule has 0 aromatic carbocycles. The van der Waals surface area contributed by atoms with E-state index in [1.54, 1.807) is 0 Å². The molecule has 0 saturated carbocycles. The van der Waals surface area contributed by atoms with Crippen LogP contribution in [-0.4, -0.2) is 75.0 Å². The van der Waals surface area contributed by atoms with Crippen LogP contribution in [0.5, 0.6) is 0 Å². The first-order chi connectivity index (χ1) is 4.04. The number of carboxylic acid groups (broad SMARTS) is 1. The van der Waals surface area contributed by atoms with Crippen molar-refractivity contribution >= 4 is 35.0 Å². The second kappa shape index (κ2) is 13.9. The monoisotopic (exact) mass is 207 g/mol. The number of rotatable bonds is 2. The van der Waals surface area contributed by atoms with Crippen molar-refractivity contribution in [1.82, 2.24) is 4.90 Å². The molecule has 0 heterocycles.